The van der Waals surface area contributed by atoms with Gasteiger partial charge in [0.2, 0.25) is 0 Å². The van der Waals surface area contributed by atoms with E-state index in [1.165, 1.54) is 0 Å². The molecule has 0 aliphatic carbocycles. The van der Waals surface area contributed by atoms with Crippen molar-refractivity contribution in [2.45, 2.75) is 19.4 Å². The van der Waals surface area contributed by atoms with Crippen LogP contribution in [0.3, 0.4) is 0 Å². The first-order valence-corrected chi connectivity index (χ1v) is 6.98. The Morgan fingerprint density at radius 1 is 1.50 bits per heavy atom. The zero-order valence-electron chi connectivity index (χ0n) is 8.98. The van der Waals surface area contributed by atoms with Crippen LogP contribution in [0.2, 0.25) is 5.02 Å². The van der Waals surface area contributed by atoms with Crippen LogP contribution in [-0.4, -0.2) is 16.8 Å². The van der Waals surface area contributed by atoms with Gasteiger partial charge in [0.15, 0.2) is 0 Å². The van der Waals surface area contributed by atoms with Gasteiger partial charge in [0.25, 0.3) is 5.91 Å². The summed E-state index contributed by atoms with van der Waals surface area (Å²) in [4.78, 5) is 12.0. The summed E-state index contributed by atoms with van der Waals surface area (Å²) >= 11 is 12.6. The molecule has 1 aromatic rings. The Bertz CT molecular complexity index is 407. The Morgan fingerprint density at radius 2 is 2.12 bits per heavy atom. The summed E-state index contributed by atoms with van der Waals surface area (Å²) in [5.41, 5.74) is 0.174. The number of alkyl halides is 1. The number of rotatable bonds is 3. The Labute approximate surface area is 117 Å². The molecule has 1 N–H and O–H groups in total. The van der Waals surface area contributed by atoms with Gasteiger partial charge >= 0.3 is 0 Å². The molecule has 2 nitrogen and oxygen atoms in total. The largest absolute Gasteiger partial charge is 0.346 e. The third kappa shape index (κ3) is 3.75. The van der Waals surface area contributed by atoms with Gasteiger partial charge in [0.1, 0.15) is 0 Å². The molecule has 0 aromatic heterocycles. The molecule has 88 valence electrons. The van der Waals surface area contributed by atoms with E-state index in [0.29, 0.717) is 15.9 Å². The summed E-state index contributed by atoms with van der Waals surface area (Å²) in [6, 6.07) is 5.21. The predicted molar refractivity (Wildman–Crippen MR) is 74.5 cm³/mol. The van der Waals surface area contributed by atoms with Crippen molar-refractivity contribution < 1.29 is 4.79 Å². The fourth-order valence-electron chi connectivity index (χ4n) is 1.08. The molecule has 0 fully saturated rings. The van der Waals surface area contributed by atoms with E-state index < -0.39 is 0 Å². The Hall–Kier alpha value is -0.0600. The van der Waals surface area contributed by atoms with Gasteiger partial charge in [-0.1, -0.05) is 43.5 Å². The molecule has 0 bridgehead atoms. The van der Waals surface area contributed by atoms with E-state index >= 15 is 0 Å². The molecule has 0 saturated heterocycles. The second-order valence-electron chi connectivity index (χ2n) is 4.10. The fraction of sp³-hybridized carbons (Fsp3) is 0.364. The molecular weight excluding hydrogens is 357 g/mol. The SMILES string of the molecule is CC(C)(CBr)NC(=O)c1cc(Br)ccc1Cl. The zero-order chi connectivity index (χ0) is 12.3. The second kappa shape index (κ2) is 5.52. The fourth-order valence-corrected chi connectivity index (χ4v) is 1.78. The lowest BCUT2D eigenvalue weighted by Crippen LogP contribution is -2.44. The first kappa shape index (κ1) is 14.0. The number of halogens is 3. The van der Waals surface area contributed by atoms with E-state index in [-0.39, 0.29) is 11.4 Å². The molecule has 0 heterocycles. The molecule has 0 saturated carbocycles. The van der Waals surface area contributed by atoms with Crippen molar-refractivity contribution in [3.8, 4) is 0 Å². The van der Waals surface area contributed by atoms with Crippen LogP contribution in [0, 0.1) is 0 Å². The van der Waals surface area contributed by atoms with Crippen molar-refractivity contribution in [3.63, 3.8) is 0 Å². The number of hydrogen-bond acceptors (Lipinski definition) is 1. The van der Waals surface area contributed by atoms with Gasteiger partial charge in [-0.3, -0.25) is 4.79 Å². The van der Waals surface area contributed by atoms with Crippen molar-refractivity contribution >= 4 is 49.4 Å². The smallest absolute Gasteiger partial charge is 0.253 e. The maximum Gasteiger partial charge on any atom is 0.253 e. The van der Waals surface area contributed by atoms with Gasteiger partial charge in [-0.2, -0.15) is 0 Å². The molecule has 0 aliphatic heterocycles. The van der Waals surface area contributed by atoms with Gasteiger partial charge in [0, 0.05) is 15.3 Å². The van der Waals surface area contributed by atoms with E-state index in [2.05, 4.69) is 37.2 Å². The molecule has 1 aromatic carbocycles. The molecule has 5 heteroatoms. The van der Waals surface area contributed by atoms with Gasteiger partial charge in [0.05, 0.1) is 10.6 Å². The predicted octanol–water partition coefficient (Wildman–Crippen LogP) is 4.01. The van der Waals surface area contributed by atoms with Gasteiger partial charge in [-0.25, -0.2) is 0 Å². The van der Waals surface area contributed by atoms with E-state index in [4.69, 9.17) is 11.6 Å². The molecule has 0 spiro atoms. The molecule has 1 rings (SSSR count). The number of nitrogens with one attached hydrogen (secondary N) is 1. The molecular formula is C11H12Br2ClNO. The van der Waals surface area contributed by atoms with Gasteiger partial charge < -0.3 is 5.32 Å². The Morgan fingerprint density at radius 3 is 2.69 bits per heavy atom. The average Bonchev–Trinajstić information content (AvgIpc) is 2.21. The summed E-state index contributed by atoms with van der Waals surface area (Å²) < 4.78 is 0.832. The summed E-state index contributed by atoms with van der Waals surface area (Å²) in [6.45, 7) is 3.87. The van der Waals surface area contributed by atoms with Gasteiger partial charge in [-0.05, 0) is 32.0 Å². The Balaban J connectivity index is 2.93. The van der Waals surface area contributed by atoms with Crippen LogP contribution in [0.5, 0.6) is 0 Å². The van der Waals surface area contributed by atoms with Gasteiger partial charge in [-0.15, -0.1) is 0 Å². The van der Waals surface area contributed by atoms with Crippen LogP contribution in [0.1, 0.15) is 24.2 Å². The van der Waals surface area contributed by atoms with Crippen molar-refractivity contribution in [1.29, 1.82) is 0 Å². The number of carbonyl (C=O) groups is 1. The lowest BCUT2D eigenvalue weighted by Gasteiger charge is -2.23. The highest BCUT2D eigenvalue weighted by Crippen LogP contribution is 2.21. The van der Waals surface area contributed by atoms with Crippen molar-refractivity contribution in [2.24, 2.45) is 0 Å². The van der Waals surface area contributed by atoms with Crippen LogP contribution in [-0.2, 0) is 0 Å². The third-order valence-corrected chi connectivity index (χ3v) is 4.18. The van der Waals surface area contributed by atoms with Crippen LogP contribution >= 0.6 is 43.5 Å². The highest BCUT2D eigenvalue weighted by atomic mass is 79.9. The number of hydrogen-bond donors (Lipinski definition) is 1. The minimum absolute atomic E-state index is 0.171. The van der Waals surface area contributed by atoms with E-state index in [1.807, 2.05) is 13.8 Å². The molecule has 0 atom stereocenters. The topological polar surface area (TPSA) is 29.1 Å². The number of amides is 1. The zero-order valence-corrected chi connectivity index (χ0v) is 12.9. The maximum absolute atomic E-state index is 12.0. The standard InChI is InChI=1S/C11H12Br2ClNO/c1-11(2,6-12)15-10(16)8-5-7(13)3-4-9(8)14/h3-5H,6H2,1-2H3,(H,15,16). The first-order chi connectivity index (χ1) is 7.35. The van der Waals surface area contributed by atoms with Crippen LogP contribution < -0.4 is 5.32 Å². The highest BCUT2D eigenvalue weighted by molar-refractivity contribution is 9.10. The molecule has 0 aliphatic rings. The minimum Gasteiger partial charge on any atom is -0.346 e. The lowest BCUT2D eigenvalue weighted by atomic mass is 10.1. The van der Waals surface area contributed by atoms with Crippen LogP contribution in [0.15, 0.2) is 22.7 Å². The van der Waals surface area contributed by atoms with E-state index in [1.54, 1.807) is 18.2 Å². The summed E-state index contributed by atoms with van der Waals surface area (Å²) in [6.07, 6.45) is 0. The van der Waals surface area contributed by atoms with E-state index in [9.17, 15) is 4.79 Å². The minimum atomic E-state index is -0.303. The Kier molecular flexibility index (Phi) is 4.83. The van der Waals surface area contributed by atoms with Crippen molar-refractivity contribution in [3.05, 3.63) is 33.3 Å². The van der Waals surface area contributed by atoms with Crippen LogP contribution in [0.25, 0.3) is 0 Å². The lowest BCUT2D eigenvalue weighted by molar-refractivity contribution is 0.0921. The molecule has 0 unspecified atom stereocenters. The summed E-state index contributed by atoms with van der Waals surface area (Å²) in [5.74, 6) is -0.171. The molecule has 16 heavy (non-hydrogen) atoms. The van der Waals surface area contributed by atoms with Crippen molar-refractivity contribution in [1.82, 2.24) is 5.32 Å². The normalized spacial score (nSPS) is 11.3. The summed E-state index contributed by atoms with van der Waals surface area (Å²) in [5, 5.41) is 4.03. The quantitative estimate of drug-likeness (QED) is 0.802. The molecule has 1 amide bonds. The maximum atomic E-state index is 12.0. The third-order valence-electron chi connectivity index (χ3n) is 1.96. The monoisotopic (exact) mass is 367 g/mol. The molecule has 0 radical (unpaired) electrons. The number of carbonyl (C=O) groups excluding carboxylic acids is 1. The average molecular weight is 369 g/mol. The highest BCUT2D eigenvalue weighted by Gasteiger charge is 2.21. The second-order valence-corrected chi connectivity index (χ2v) is 5.98. The van der Waals surface area contributed by atoms with Crippen LogP contribution in [0.4, 0.5) is 0 Å². The van der Waals surface area contributed by atoms with Crippen molar-refractivity contribution in [2.75, 3.05) is 5.33 Å². The summed E-state index contributed by atoms with van der Waals surface area (Å²) in [7, 11) is 0. The number of benzene rings is 1. The first-order valence-electron chi connectivity index (χ1n) is 4.69. The van der Waals surface area contributed by atoms with E-state index in [0.717, 1.165) is 4.47 Å².